The summed E-state index contributed by atoms with van der Waals surface area (Å²) in [5.74, 6) is -3.00. The molecule has 1 heterocycles. The Balaban J connectivity index is 1.25. The van der Waals surface area contributed by atoms with Crippen molar-refractivity contribution in [2.75, 3.05) is 0 Å². The molecule has 0 saturated heterocycles. The van der Waals surface area contributed by atoms with Gasteiger partial charge in [0.15, 0.2) is 5.82 Å². The van der Waals surface area contributed by atoms with Gasteiger partial charge in [-0.05, 0) is 95.7 Å². The average molecular weight is 636 g/mol. The molecule has 9 rings (SSSR count). The Hall–Kier alpha value is -5.62. The van der Waals surface area contributed by atoms with Gasteiger partial charge in [-0.25, -0.2) is 4.98 Å². The number of imidazole rings is 1. The minimum absolute atomic E-state index is 0.175. The van der Waals surface area contributed by atoms with E-state index in [0.29, 0.717) is 16.7 Å². The lowest BCUT2D eigenvalue weighted by atomic mass is 9.38. The molecule has 0 spiro atoms. The number of aliphatic hydroxyl groups is 2. The van der Waals surface area contributed by atoms with Crippen molar-refractivity contribution in [3.63, 3.8) is 0 Å². The SMILES string of the molecule is [B]C([B])([B])C(O)(O)c1nc2ccccc2n1-c1ccc2cc(-c3c4ccccc4c(-c4cccc5ccccc45)c4ccccc34)ccc2c1. The number of para-hydroxylation sites is 2. The lowest BCUT2D eigenvalue weighted by Crippen LogP contribution is -2.44. The van der Waals surface area contributed by atoms with E-state index in [0.717, 1.165) is 16.3 Å². The summed E-state index contributed by atoms with van der Waals surface area (Å²) in [7, 11) is 17.5. The van der Waals surface area contributed by atoms with Crippen LogP contribution in [0.15, 0.2) is 152 Å². The third-order valence-corrected chi connectivity index (χ3v) is 9.84. The molecule has 4 nitrogen and oxygen atoms in total. The molecular weight excluding hydrogens is 609 g/mol. The van der Waals surface area contributed by atoms with Gasteiger partial charge in [0.2, 0.25) is 5.79 Å². The van der Waals surface area contributed by atoms with Crippen LogP contribution in [0.4, 0.5) is 0 Å². The molecule has 2 N–H and O–H groups in total. The summed E-state index contributed by atoms with van der Waals surface area (Å²) in [5, 5.41) is 28.9. The summed E-state index contributed by atoms with van der Waals surface area (Å²) < 4.78 is 1.64. The summed E-state index contributed by atoms with van der Waals surface area (Å²) in [4.78, 5) is 4.49. The van der Waals surface area contributed by atoms with Crippen LogP contribution >= 0.6 is 0 Å². The maximum Gasteiger partial charge on any atom is 0.206 e. The van der Waals surface area contributed by atoms with Crippen LogP contribution in [0.1, 0.15) is 5.82 Å². The Kier molecular flexibility index (Phi) is 6.83. The zero-order chi connectivity index (χ0) is 34.2. The van der Waals surface area contributed by atoms with E-state index >= 15 is 0 Å². The number of benzene rings is 8. The summed E-state index contributed by atoms with van der Waals surface area (Å²) in [6.45, 7) is 0. The molecule has 6 radical (unpaired) electrons. The van der Waals surface area contributed by atoms with E-state index in [1.54, 1.807) is 10.6 Å². The highest BCUT2D eigenvalue weighted by atomic mass is 16.5. The van der Waals surface area contributed by atoms with Gasteiger partial charge in [-0.1, -0.05) is 126 Å². The molecule has 0 aliphatic carbocycles. The van der Waals surface area contributed by atoms with Crippen LogP contribution in [0.25, 0.3) is 82.1 Å². The van der Waals surface area contributed by atoms with E-state index in [2.05, 4.69) is 114 Å². The molecule has 8 aromatic carbocycles. The van der Waals surface area contributed by atoms with Gasteiger partial charge in [-0.3, -0.25) is 4.57 Å². The van der Waals surface area contributed by atoms with Crippen LogP contribution in [0.2, 0.25) is 5.11 Å². The van der Waals surface area contributed by atoms with E-state index in [4.69, 9.17) is 23.5 Å². The Morgan fingerprint density at radius 2 is 1.06 bits per heavy atom. The van der Waals surface area contributed by atoms with Crippen LogP contribution in [-0.4, -0.2) is 43.3 Å². The molecule has 0 aliphatic rings. The average Bonchev–Trinajstić information content (AvgIpc) is 3.53. The van der Waals surface area contributed by atoms with E-state index in [-0.39, 0.29) is 5.82 Å². The van der Waals surface area contributed by atoms with Gasteiger partial charge in [-0.15, -0.1) is 0 Å². The number of rotatable bonds is 5. The van der Waals surface area contributed by atoms with Gasteiger partial charge >= 0.3 is 0 Å². The van der Waals surface area contributed by atoms with Crippen molar-refractivity contribution in [1.82, 2.24) is 9.55 Å². The van der Waals surface area contributed by atoms with Crippen LogP contribution in [0, 0.1) is 0 Å². The number of fused-ring (bicyclic) bond motifs is 5. The topological polar surface area (TPSA) is 58.3 Å². The van der Waals surface area contributed by atoms with Crippen LogP contribution in [0.3, 0.4) is 0 Å². The van der Waals surface area contributed by atoms with Gasteiger partial charge < -0.3 is 10.2 Å². The second kappa shape index (κ2) is 11.2. The van der Waals surface area contributed by atoms with Gasteiger partial charge in [0.25, 0.3) is 0 Å². The fraction of sp³-hybridized carbons (Fsp3) is 0.0465. The number of hydrogen-bond acceptors (Lipinski definition) is 3. The molecule has 50 heavy (non-hydrogen) atoms. The fourth-order valence-corrected chi connectivity index (χ4v) is 7.42. The first-order valence-electron chi connectivity index (χ1n) is 16.5. The largest absolute Gasteiger partial charge is 0.361 e. The quantitative estimate of drug-likeness (QED) is 0.113. The highest BCUT2D eigenvalue weighted by molar-refractivity contribution is 6.59. The summed E-state index contributed by atoms with van der Waals surface area (Å²) in [6.07, 6.45) is 0. The molecule has 0 unspecified atom stereocenters. The normalized spacial score (nSPS) is 12.4. The molecule has 0 saturated carbocycles. The fourth-order valence-electron chi connectivity index (χ4n) is 7.42. The molecule has 0 aliphatic heterocycles. The molecule has 0 fully saturated rings. The van der Waals surface area contributed by atoms with Crippen molar-refractivity contribution in [3.05, 3.63) is 157 Å². The Labute approximate surface area is 292 Å². The highest BCUT2D eigenvalue weighted by Gasteiger charge is 2.43. The monoisotopic (exact) mass is 636 g/mol. The standard InChI is InChI=1S/C43H27B3N2O2/c44-43(45,46)42(49,50)41-47-37-18-7-8-19-38(37)48(41)30-23-22-27-24-29(21-20-28(27)25-30)39-33-13-3-5-15-35(33)40(36-16-6-4-14-34(36)39)32-17-9-11-26-10-1-2-12-31(26)32/h1-25,49-50H. The number of hydrogen-bond donors (Lipinski definition) is 2. The van der Waals surface area contributed by atoms with Crippen molar-refractivity contribution < 1.29 is 10.2 Å². The summed E-state index contributed by atoms with van der Waals surface area (Å²) >= 11 is 0. The molecule has 9 aromatic rings. The molecule has 0 amide bonds. The van der Waals surface area contributed by atoms with E-state index in [1.165, 1.54) is 49.0 Å². The van der Waals surface area contributed by atoms with Crippen molar-refractivity contribution >= 4 is 77.7 Å². The minimum atomic E-state index is -2.83. The lowest BCUT2D eigenvalue weighted by Gasteiger charge is -2.36. The first-order valence-corrected chi connectivity index (χ1v) is 16.5. The van der Waals surface area contributed by atoms with Crippen molar-refractivity contribution in [1.29, 1.82) is 0 Å². The zero-order valence-electron chi connectivity index (χ0n) is 27.0. The highest BCUT2D eigenvalue weighted by Crippen LogP contribution is 2.46. The lowest BCUT2D eigenvalue weighted by molar-refractivity contribution is -0.175. The number of aromatic nitrogens is 2. The van der Waals surface area contributed by atoms with Crippen LogP contribution in [0.5, 0.6) is 0 Å². The summed E-state index contributed by atoms with van der Waals surface area (Å²) in [6, 6.07) is 52.1. The number of nitrogens with zero attached hydrogens (tertiary/aromatic N) is 2. The molecular formula is C43H27B3N2O2. The van der Waals surface area contributed by atoms with Crippen molar-refractivity contribution in [2.24, 2.45) is 0 Å². The van der Waals surface area contributed by atoms with E-state index < -0.39 is 10.9 Å². The molecule has 0 bridgehead atoms. The van der Waals surface area contributed by atoms with Crippen molar-refractivity contribution in [2.45, 2.75) is 10.9 Å². The maximum absolute atomic E-state index is 11.1. The zero-order valence-corrected chi connectivity index (χ0v) is 27.0. The molecule has 1 aromatic heterocycles. The first-order chi connectivity index (χ1) is 24.2. The smallest absolute Gasteiger partial charge is 0.206 e. The molecule has 0 atom stereocenters. The van der Waals surface area contributed by atoms with Crippen LogP contribution < -0.4 is 0 Å². The van der Waals surface area contributed by atoms with Crippen LogP contribution in [-0.2, 0) is 5.79 Å². The first kappa shape index (κ1) is 30.4. The van der Waals surface area contributed by atoms with Gasteiger partial charge in [0.1, 0.15) is 0 Å². The van der Waals surface area contributed by atoms with Gasteiger partial charge in [0.05, 0.1) is 34.6 Å². The van der Waals surface area contributed by atoms with Gasteiger partial charge in [0, 0.05) is 5.69 Å². The molecule has 230 valence electrons. The Morgan fingerprint density at radius 1 is 0.500 bits per heavy atom. The third-order valence-electron chi connectivity index (χ3n) is 9.84. The Bertz CT molecular complexity index is 2740. The van der Waals surface area contributed by atoms with Crippen molar-refractivity contribution in [3.8, 4) is 27.9 Å². The van der Waals surface area contributed by atoms with E-state index in [1.807, 2.05) is 36.4 Å². The second-order valence-electron chi connectivity index (χ2n) is 13.0. The predicted molar refractivity (Wildman–Crippen MR) is 208 cm³/mol. The van der Waals surface area contributed by atoms with E-state index in [9.17, 15) is 10.2 Å². The summed E-state index contributed by atoms with van der Waals surface area (Å²) in [5.41, 5.74) is 6.56. The van der Waals surface area contributed by atoms with Gasteiger partial charge in [-0.2, -0.15) is 0 Å². The third kappa shape index (κ3) is 4.62. The maximum atomic E-state index is 11.1. The second-order valence-corrected chi connectivity index (χ2v) is 13.0. The molecule has 7 heteroatoms. The Morgan fingerprint density at radius 3 is 1.76 bits per heavy atom. The minimum Gasteiger partial charge on any atom is -0.361 e. The predicted octanol–water partition coefficient (Wildman–Crippen LogP) is 8.69.